The first-order valence-electron chi connectivity index (χ1n) is 5.29. The number of hydrogen-bond acceptors (Lipinski definition) is 2. The number of nitrogens with zero attached hydrogens (tertiary/aromatic N) is 2. The van der Waals surface area contributed by atoms with Crippen LogP contribution in [0.2, 0.25) is 0 Å². The van der Waals surface area contributed by atoms with Gasteiger partial charge in [0.05, 0.1) is 5.69 Å². The van der Waals surface area contributed by atoms with E-state index in [1.54, 1.807) is 6.20 Å². The lowest BCUT2D eigenvalue weighted by atomic mass is 10.2. The largest absolute Gasteiger partial charge is 0.355 e. The van der Waals surface area contributed by atoms with Crippen LogP contribution in [0.15, 0.2) is 48.8 Å². The van der Waals surface area contributed by atoms with Crippen LogP contribution in [0.5, 0.6) is 0 Å². The number of H-pyrrole nitrogens is 1. The molecule has 1 N–H and O–H groups in total. The van der Waals surface area contributed by atoms with Crippen molar-refractivity contribution in [3.63, 3.8) is 0 Å². The van der Waals surface area contributed by atoms with E-state index in [1.165, 1.54) is 0 Å². The molecule has 0 spiro atoms. The number of pyridine rings is 2. The Labute approximate surface area is 98.5 Å². The average Bonchev–Trinajstić information content (AvgIpc) is 2.89. The van der Waals surface area contributed by atoms with Crippen LogP contribution < -0.4 is 0 Å². The van der Waals surface area contributed by atoms with E-state index in [1.807, 2.05) is 42.6 Å². The molecule has 0 atom stereocenters. The Kier molecular flexibility index (Phi) is 2.32. The van der Waals surface area contributed by atoms with E-state index >= 15 is 0 Å². The van der Waals surface area contributed by atoms with Crippen molar-refractivity contribution in [1.82, 2.24) is 15.0 Å². The molecule has 0 saturated carbocycles. The molecule has 3 rings (SSSR count). The highest BCUT2D eigenvalue weighted by Crippen LogP contribution is 2.08. The highest BCUT2D eigenvalue weighted by Gasteiger charge is 1.95. The maximum absolute atomic E-state index is 4.38. The molecule has 3 aromatic rings. The minimum absolute atomic E-state index is 0.728. The van der Waals surface area contributed by atoms with Crippen LogP contribution in [0.4, 0.5) is 0 Å². The Hall–Kier alpha value is -2.60. The molecule has 3 aromatic heterocycles. The number of fused-ring (bicyclic) bond motifs is 1. The second kappa shape index (κ2) is 4.11. The Balaban J connectivity index is 2.01. The topological polar surface area (TPSA) is 41.6 Å². The molecule has 0 aromatic carbocycles. The Morgan fingerprint density at radius 2 is 2.00 bits per heavy atom. The second-order valence-corrected chi connectivity index (χ2v) is 3.58. The molecule has 0 aliphatic heterocycles. The van der Waals surface area contributed by atoms with Crippen molar-refractivity contribution in [3.8, 4) is 11.8 Å². The number of nitrogens with one attached hydrogen (secondary N) is 1. The minimum Gasteiger partial charge on any atom is -0.355 e. The molecule has 0 fully saturated rings. The van der Waals surface area contributed by atoms with E-state index in [0.717, 1.165) is 22.4 Å². The van der Waals surface area contributed by atoms with Gasteiger partial charge in [-0.1, -0.05) is 0 Å². The number of aromatic amines is 1. The maximum Gasteiger partial charge on any atom is 0.160 e. The predicted molar refractivity (Wildman–Crippen MR) is 66.3 cm³/mol. The zero-order chi connectivity index (χ0) is 11.5. The number of rotatable bonds is 0. The van der Waals surface area contributed by atoms with Crippen molar-refractivity contribution < 1.29 is 0 Å². The van der Waals surface area contributed by atoms with Gasteiger partial charge in [-0.2, -0.15) is 0 Å². The summed E-state index contributed by atoms with van der Waals surface area (Å²) in [5.41, 5.74) is 2.34. The summed E-state index contributed by atoms with van der Waals surface area (Å²) in [7, 11) is 0. The van der Waals surface area contributed by atoms with Crippen LogP contribution in [0.1, 0.15) is 11.4 Å². The summed E-state index contributed by atoms with van der Waals surface area (Å²) in [6.45, 7) is 0. The van der Waals surface area contributed by atoms with Crippen LogP contribution >= 0.6 is 0 Å². The van der Waals surface area contributed by atoms with Gasteiger partial charge in [-0.3, -0.25) is 0 Å². The fourth-order valence-corrected chi connectivity index (χ4v) is 1.56. The van der Waals surface area contributed by atoms with Gasteiger partial charge in [0.2, 0.25) is 0 Å². The molecule has 0 radical (unpaired) electrons. The molecule has 0 amide bonds. The van der Waals surface area contributed by atoms with Gasteiger partial charge in [0.1, 0.15) is 5.69 Å². The molecule has 17 heavy (non-hydrogen) atoms. The maximum atomic E-state index is 4.38. The molecule has 0 aliphatic carbocycles. The third kappa shape index (κ3) is 2.01. The fourth-order valence-electron chi connectivity index (χ4n) is 1.56. The van der Waals surface area contributed by atoms with E-state index in [2.05, 4.69) is 26.8 Å². The number of hydrogen-bond donors (Lipinski definition) is 1. The van der Waals surface area contributed by atoms with E-state index in [4.69, 9.17) is 0 Å². The molecule has 0 bridgehead atoms. The van der Waals surface area contributed by atoms with E-state index in [0.29, 0.717) is 0 Å². The van der Waals surface area contributed by atoms with E-state index in [9.17, 15) is 0 Å². The first-order valence-corrected chi connectivity index (χ1v) is 5.29. The van der Waals surface area contributed by atoms with Gasteiger partial charge in [0.15, 0.2) is 5.65 Å². The van der Waals surface area contributed by atoms with Gasteiger partial charge < -0.3 is 4.98 Å². The molecular weight excluding hydrogens is 210 g/mol. The summed E-state index contributed by atoms with van der Waals surface area (Å²) >= 11 is 0. The van der Waals surface area contributed by atoms with Crippen LogP contribution in [-0.4, -0.2) is 15.0 Å². The molecular formula is C14H9N3. The molecule has 0 unspecified atom stereocenters. The Morgan fingerprint density at radius 3 is 2.88 bits per heavy atom. The lowest BCUT2D eigenvalue weighted by molar-refractivity contribution is 1.26. The predicted octanol–water partition coefficient (Wildman–Crippen LogP) is 2.36. The molecule has 3 heterocycles. The molecule has 80 valence electrons. The average molecular weight is 219 g/mol. The van der Waals surface area contributed by atoms with Gasteiger partial charge in [-0.25, -0.2) is 9.97 Å². The van der Waals surface area contributed by atoms with E-state index in [-0.39, 0.29) is 0 Å². The first kappa shape index (κ1) is 9.61. The van der Waals surface area contributed by atoms with Crippen molar-refractivity contribution in [1.29, 1.82) is 0 Å². The summed E-state index contributed by atoms with van der Waals surface area (Å²) in [4.78, 5) is 11.6. The van der Waals surface area contributed by atoms with Crippen LogP contribution in [0.25, 0.3) is 11.0 Å². The second-order valence-electron chi connectivity index (χ2n) is 3.58. The SMILES string of the molecule is C(#Cc1ccc[nH]1)c1ccc2cccnc2n1. The highest BCUT2D eigenvalue weighted by molar-refractivity contribution is 5.74. The van der Waals surface area contributed by atoms with Crippen molar-refractivity contribution in [2.75, 3.05) is 0 Å². The molecule has 3 heteroatoms. The van der Waals surface area contributed by atoms with Crippen LogP contribution in [0.3, 0.4) is 0 Å². The summed E-state index contributed by atoms with van der Waals surface area (Å²) in [6.07, 6.45) is 3.58. The van der Waals surface area contributed by atoms with Gasteiger partial charge >= 0.3 is 0 Å². The van der Waals surface area contributed by atoms with Crippen LogP contribution in [0, 0.1) is 11.8 Å². The standard InChI is InChI=1S/C14H9N3/c1-3-11-5-6-13(17-14(11)16-10-1)8-7-12-4-2-9-15-12/h1-6,9-10,15H. The molecule has 0 aliphatic rings. The summed E-state index contributed by atoms with van der Waals surface area (Å²) in [5.74, 6) is 6.02. The van der Waals surface area contributed by atoms with Crippen LogP contribution in [-0.2, 0) is 0 Å². The normalized spacial score (nSPS) is 9.88. The lowest BCUT2D eigenvalue weighted by Crippen LogP contribution is -1.86. The molecule has 3 nitrogen and oxygen atoms in total. The fraction of sp³-hybridized carbons (Fsp3) is 0. The van der Waals surface area contributed by atoms with Gasteiger partial charge in [0.25, 0.3) is 0 Å². The van der Waals surface area contributed by atoms with Crippen molar-refractivity contribution in [3.05, 3.63) is 60.2 Å². The Morgan fingerprint density at radius 1 is 1.00 bits per heavy atom. The lowest BCUT2D eigenvalue weighted by Gasteiger charge is -1.95. The molecule has 0 saturated heterocycles. The van der Waals surface area contributed by atoms with E-state index < -0.39 is 0 Å². The zero-order valence-electron chi connectivity index (χ0n) is 9.01. The zero-order valence-corrected chi connectivity index (χ0v) is 9.01. The van der Waals surface area contributed by atoms with Crippen molar-refractivity contribution in [2.45, 2.75) is 0 Å². The van der Waals surface area contributed by atoms with Crippen molar-refractivity contribution >= 4 is 11.0 Å². The third-order valence-corrected chi connectivity index (χ3v) is 2.39. The minimum atomic E-state index is 0.728. The first-order chi connectivity index (χ1) is 8.42. The van der Waals surface area contributed by atoms with Gasteiger partial charge in [-0.15, -0.1) is 0 Å². The summed E-state index contributed by atoms with van der Waals surface area (Å²) in [6, 6.07) is 11.6. The van der Waals surface area contributed by atoms with Gasteiger partial charge in [-0.05, 0) is 48.2 Å². The smallest absolute Gasteiger partial charge is 0.160 e. The third-order valence-electron chi connectivity index (χ3n) is 2.39. The van der Waals surface area contributed by atoms with Gasteiger partial charge in [0, 0.05) is 17.8 Å². The summed E-state index contributed by atoms with van der Waals surface area (Å²) < 4.78 is 0. The quantitative estimate of drug-likeness (QED) is 0.590. The monoisotopic (exact) mass is 219 g/mol. The number of aromatic nitrogens is 3. The Bertz CT molecular complexity index is 703. The van der Waals surface area contributed by atoms with Crippen molar-refractivity contribution in [2.24, 2.45) is 0 Å². The summed E-state index contributed by atoms with van der Waals surface area (Å²) in [5, 5.41) is 1.03. The highest BCUT2D eigenvalue weighted by atomic mass is 14.8.